The summed E-state index contributed by atoms with van der Waals surface area (Å²) in [7, 11) is 0. The van der Waals surface area contributed by atoms with Crippen molar-refractivity contribution in [2.45, 2.75) is 115 Å². The zero-order valence-electron chi connectivity index (χ0n) is 36.2. The van der Waals surface area contributed by atoms with Crippen LogP contribution in [-0.4, -0.2) is 46.4 Å². The van der Waals surface area contributed by atoms with Gasteiger partial charge in [-0.25, -0.2) is 14.4 Å². The van der Waals surface area contributed by atoms with E-state index in [0.29, 0.717) is 53.1 Å². The summed E-state index contributed by atoms with van der Waals surface area (Å²) in [5.74, 6) is 1.10. The van der Waals surface area contributed by atoms with Gasteiger partial charge in [-0.3, -0.25) is 0 Å². The van der Waals surface area contributed by atoms with E-state index in [0.717, 1.165) is 68.9 Å². The molecule has 4 aliphatic rings. The number of aryl methyl sites for hydroxylation is 1. The van der Waals surface area contributed by atoms with Gasteiger partial charge in [-0.15, -0.1) is 0 Å². The molecule has 0 N–H and O–H groups in total. The molecular formula is C53H58N2O7. The summed E-state index contributed by atoms with van der Waals surface area (Å²) in [5.41, 5.74) is 4.07. The summed E-state index contributed by atoms with van der Waals surface area (Å²) < 4.78 is 24.3. The molecule has 0 radical (unpaired) electrons. The first-order chi connectivity index (χ1) is 30.1. The van der Waals surface area contributed by atoms with Crippen molar-refractivity contribution in [2.24, 2.45) is 23.2 Å². The van der Waals surface area contributed by atoms with Gasteiger partial charge in [0.2, 0.25) is 5.89 Å². The highest BCUT2D eigenvalue weighted by Crippen LogP contribution is 2.60. The second kappa shape index (κ2) is 18.6. The maximum atomic E-state index is 13.5. The monoisotopic (exact) mass is 834 g/mol. The third kappa shape index (κ3) is 9.18. The standard InChI is InChI=1S/C53H58N2O7/c1-5-16-47-54-51(62-55-47)53(31-32-53)46(61-50(58)40-21-13-8-14-22-40)29-24-35(2)43-27-28-44-37(23-15-30-52(43,44)4)25-26-41-33-42(59-48(56)38-17-9-6-10-18-38)34-45(36(41)3)60-49(57)39-19-11-7-12-20-39/h6-14,17-22,24-26,29,35,42-46H,3,5,15-16,23,27-28,30-34H2,1-2,4H3/b29-24+,37-25+,41-26-/t35-,42-,43-,44+,45+,46-,52-/m1/s1. The number of ether oxygens (including phenoxy) is 3. The number of nitrogens with zero attached hydrogens (tertiary/aromatic N) is 2. The Morgan fingerprint density at radius 2 is 1.47 bits per heavy atom. The first kappa shape index (κ1) is 42.8. The molecule has 7 atom stereocenters. The van der Waals surface area contributed by atoms with Gasteiger partial charge in [-0.05, 0) is 128 Å². The van der Waals surface area contributed by atoms with E-state index in [4.69, 9.17) is 23.7 Å². The first-order valence-corrected chi connectivity index (χ1v) is 22.5. The molecule has 4 aliphatic carbocycles. The molecule has 0 amide bonds. The van der Waals surface area contributed by atoms with Gasteiger partial charge < -0.3 is 18.7 Å². The predicted octanol–water partition coefficient (Wildman–Crippen LogP) is 11.3. The second-order valence-electron chi connectivity index (χ2n) is 18.0. The topological polar surface area (TPSA) is 118 Å². The van der Waals surface area contributed by atoms with E-state index in [-0.39, 0.29) is 17.3 Å². The number of carbonyl (C=O) groups excluding carboxylic acids is 3. The van der Waals surface area contributed by atoms with Gasteiger partial charge in [-0.1, -0.05) is 111 Å². The van der Waals surface area contributed by atoms with Gasteiger partial charge in [0.05, 0.1) is 22.1 Å². The Morgan fingerprint density at radius 1 is 0.839 bits per heavy atom. The maximum absolute atomic E-state index is 13.5. The Labute approximate surface area is 365 Å². The van der Waals surface area contributed by atoms with Crippen molar-refractivity contribution in [1.29, 1.82) is 0 Å². The van der Waals surface area contributed by atoms with Crippen molar-refractivity contribution in [2.75, 3.05) is 0 Å². The predicted molar refractivity (Wildman–Crippen MR) is 237 cm³/mol. The molecule has 4 aromatic rings. The fourth-order valence-corrected chi connectivity index (χ4v) is 10.4. The highest BCUT2D eigenvalue weighted by Gasteiger charge is 2.57. The van der Waals surface area contributed by atoms with E-state index < -0.39 is 35.7 Å². The summed E-state index contributed by atoms with van der Waals surface area (Å²) in [4.78, 5) is 44.7. The molecule has 1 aromatic heterocycles. The molecule has 9 heteroatoms. The molecule has 0 unspecified atom stereocenters. The number of fused-ring (bicyclic) bond motifs is 1. The average Bonchev–Trinajstić information content (AvgIpc) is 3.82. The number of carbonyl (C=O) groups is 3. The normalized spacial score (nSPS) is 26.5. The van der Waals surface area contributed by atoms with Crippen LogP contribution in [0.1, 0.15) is 128 Å². The zero-order valence-corrected chi connectivity index (χ0v) is 36.2. The molecule has 0 saturated heterocycles. The number of esters is 3. The minimum absolute atomic E-state index is 0.0758. The lowest BCUT2D eigenvalue weighted by Gasteiger charge is -2.44. The van der Waals surface area contributed by atoms with Crippen molar-refractivity contribution < 1.29 is 33.1 Å². The molecule has 1 heterocycles. The number of rotatable bonds is 14. The number of allylic oxidation sites excluding steroid dienone is 4. The van der Waals surface area contributed by atoms with Gasteiger partial charge in [0, 0.05) is 19.3 Å². The summed E-state index contributed by atoms with van der Waals surface area (Å²) in [6.45, 7) is 11.3. The highest BCUT2D eigenvalue weighted by molar-refractivity contribution is 5.90. The lowest BCUT2D eigenvalue weighted by Crippen LogP contribution is -2.36. The van der Waals surface area contributed by atoms with E-state index in [1.54, 1.807) is 48.5 Å². The third-order valence-electron chi connectivity index (χ3n) is 14.0. The van der Waals surface area contributed by atoms with Gasteiger partial charge in [0.25, 0.3) is 0 Å². The molecule has 0 aliphatic heterocycles. The van der Waals surface area contributed by atoms with E-state index >= 15 is 0 Å². The van der Waals surface area contributed by atoms with Crippen molar-refractivity contribution in [3.05, 3.63) is 167 Å². The van der Waals surface area contributed by atoms with Crippen molar-refractivity contribution in [1.82, 2.24) is 10.1 Å². The molecule has 3 aromatic carbocycles. The molecule has 4 fully saturated rings. The SMILES string of the molecule is C=C1/C(=C\C=C2/CCC[C@]3(C)[C@@H]([C@H](C)/C=C/[C@@H](OC(=O)c4ccccc4)C4(c5nc(CCC)no5)CC4)CC[C@@H]23)C[C@@H](OC(=O)c2ccccc2)C[C@@H]1OC(=O)c1ccccc1. The Morgan fingerprint density at radius 3 is 2.10 bits per heavy atom. The Balaban J connectivity index is 1.01. The van der Waals surface area contributed by atoms with Crippen LogP contribution in [0, 0.1) is 23.2 Å². The number of aromatic nitrogens is 2. The smallest absolute Gasteiger partial charge is 0.338 e. The molecule has 0 bridgehead atoms. The van der Waals surface area contributed by atoms with E-state index in [2.05, 4.69) is 56.8 Å². The molecular weight excluding hydrogens is 777 g/mol. The summed E-state index contributed by atoms with van der Waals surface area (Å²) in [5, 5.41) is 4.25. The number of hydrogen-bond donors (Lipinski definition) is 0. The average molecular weight is 835 g/mol. The van der Waals surface area contributed by atoms with Crippen LogP contribution in [0.5, 0.6) is 0 Å². The minimum atomic E-state index is -0.640. The van der Waals surface area contributed by atoms with Crippen molar-refractivity contribution in [3.8, 4) is 0 Å². The van der Waals surface area contributed by atoms with Crippen LogP contribution in [-0.2, 0) is 26.0 Å². The lowest BCUT2D eigenvalue weighted by atomic mass is 9.61. The van der Waals surface area contributed by atoms with Crippen LogP contribution >= 0.6 is 0 Å². The minimum Gasteiger partial charge on any atom is -0.458 e. The van der Waals surface area contributed by atoms with Crippen LogP contribution in [0.25, 0.3) is 0 Å². The van der Waals surface area contributed by atoms with E-state index in [1.165, 1.54) is 5.57 Å². The third-order valence-corrected chi connectivity index (χ3v) is 14.0. The van der Waals surface area contributed by atoms with Crippen LogP contribution in [0.4, 0.5) is 0 Å². The van der Waals surface area contributed by atoms with Gasteiger partial charge in [0.1, 0.15) is 18.3 Å². The first-order valence-electron chi connectivity index (χ1n) is 22.5. The second-order valence-corrected chi connectivity index (χ2v) is 18.0. The number of hydrogen-bond acceptors (Lipinski definition) is 9. The summed E-state index contributed by atoms with van der Waals surface area (Å²) in [6.07, 6.45) is 16.6. The molecule has 0 spiro atoms. The van der Waals surface area contributed by atoms with Crippen LogP contribution in [0.15, 0.2) is 143 Å². The molecule has 4 saturated carbocycles. The Bertz CT molecular complexity index is 2330. The number of benzene rings is 3. The Hall–Kier alpha value is -5.83. The van der Waals surface area contributed by atoms with Gasteiger partial charge in [-0.2, -0.15) is 4.98 Å². The molecule has 62 heavy (non-hydrogen) atoms. The maximum Gasteiger partial charge on any atom is 0.338 e. The van der Waals surface area contributed by atoms with Crippen LogP contribution in [0.3, 0.4) is 0 Å². The van der Waals surface area contributed by atoms with Crippen molar-refractivity contribution >= 4 is 17.9 Å². The lowest BCUT2D eigenvalue weighted by molar-refractivity contribution is 0.00211. The van der Waals surface area contributed by atoms with Gasteiger partial charge in [0.15, 0.2) is 5.82 Å². The quantitative estimate of drug-likeness (QED) is 0.0695. The van der Waals surface area contributed by atoms with E-state index in [1.807, 2.05) is 42.5 Å². The highest BCUT2D eigenvalue weighted by atomic mass is 16.6. The van der Waals surface area contributed by atoms with Crippen molar-refractivity contribution in [3.63, 3.8) is 0 Å². The fourth-order valence-electron chi connectivity index (χ4n) is 10.4. The zero-order chi connectivity index (χ0) is 43.3. The fraction of sp³-hybridized carbons (Fsp3) is 0.415. The largest absolute Gasteiger partial charge is 0.458 e. The summed E-state index contributed by atoms with van der Waals surface area (Å²) in [6, 6.07) is 27.1. The molecule has 9 nitrogen and oxygen atoms in total. The van der Waals surface area contributed by atoms with Crippen LogP contribution < -0.4 is 0 Å². The van der Waals surface area contributed by atoms with E-state index in [9.17, 15) is 14.4 Å². The molecule has 8 rings (SSSR count). The Kier molecular flexibility index (Phi) is 12.9. The molecule has 322 valence electrons. The van der Waals surface area contributed by atoms with Crippen LogP contribution in [0.2, 0.25) is 0 Å². The summed E-state index contributed by atoms with van der Waals surface area (Å²) >= 11 is 0. The van der Waals surface area contributed by atoms with Gasteiger partial charge >= 0.3 is 17.9 Å².